The van der Waals surface area contributed by atoms with E-state index >= 15 is 0 Å². The van der Waals surface area contributed by atoms with Crippen molar-refractivity contribution >= 4 is 23.2 Å². The third-order valence-electron chi connectivity index (χ3n) is 6.23. The number of methoxy groups -OCH3 is 1. The molecule has 1 saturated heterocycles. The van der Waals surface area contributed by atoms with E-state index in [4.69, 9.17) is 9.47 Å². The van der Waals surface area contributed by atoms with Crippen LogP contribution >= 0.6 is 11.3 Å². The Labute approximate surface area is 214 Å². The molecule has 1 atom stereocenters. The van der Waals surface area contributed by atoms with Crippen LogP contribution in [0.25, 0.3) is 0 Å². The van der Waals surface area contributed by atoms with E-state index < -0.39 is 17.8 Å². The lowest BCUT2D eigenvalue weighted by atomic mass is 10.0. The summed E-state index contributed by atoms with van der Waals surface area (Å²) in [6.07, 6.45) is 2.95. The second kappa shape index (κ2) is 12.0. The van der Waals surface area contributed by atoms with Gasteiger partial charge in [-0.1, -0.05) is 12.1 Å². The van der Waals surface area contributed by atoms with Crippen LogP contribution in [-0.2, 0) is 17.8 Å². The highest BCUT2D eigenvalue weighted by atomic mass is 32.1. The Morgan fingerprint density at radius 3 is 2.83 bits per heavy atom. The molecular weight excluding hydrogens is 481 g/mol. The highest BCUT2D eigenvalue weighted by Crippen LogP contribution is 2.30. The van der Waals surface area contributed by atoms with Gasteiger partial charge in [-0.3, -0.25) is 9.59 Å². The number of rotatable bonds is 9. The Kier molecular flexibility index (Phi) is 8.53. The molecule has 7 nitrogen and oxygen atoms in total. The first-order valence-electron chi connectivity index (χ1n) is 12.0. The highest BCUT2D eigenvalue weighted by molar-refractivity contribution is 7.09. The number of carbonyl (C=O) groups is 2. The maximum atomic E-state index is 13.9. The zero-order valence-electron chi connectivity index (χ0n) is 20.5. The summed E-state index contributed by atoms with van der Waals surface area (Å²) in [7, 11) is 1.56. The number of amides is 2. The SMILES string of the molecule is COc1cc(CN(C(=O)c2cccc(F)c2)[C@H]2CCCCNC2=O)ccc1OCCc1scnc1C. The van der Waals surface area contributed by atoms with Crippen LogP contribution in [-0.4, -0.2) is 48.0 Å². The molecule has 1 aliphatic heterocycles. The van der Waals surface area contributed by atoms with Crippen LogP contribution in [0, 0.1) is 12.7 Å². The molecule has 1 aliphatic rings. The molecular formula is C27H30FN3O4S. The lowest BCUT2D eigenvalue weighted by molar-refractivity contribution is -0.125. The number of hydrogen-bond acceptors (Lipinski definition) is 6. The smallest absolute Gasteiger partial charge is 0.254 e. The van der Waals surface area contributed by atoms with E-state index in [2.05, 4.69) is 10.3 Å². The van der Waals surface area contributed by atoms with Crippen molar-refractivity contribution in [3.05, 3.63) is 75.5 Å². The van der Waals surface area contributed by atoms with Crippen LogP contribution in [0.1, 0.15) is 45.8 Å². The first-order valence-corrected chi connectivity index (χ1v) is 12.9. The van der Waals surface area contributed by atoms with Gasteiger partial charge in [-0.05, 0) is 62.1 Å². The Hall–Kier alpha value is -3.46. The maximum Gasteiger partial charge on any atom is 0.254 e. The first-order chi connectivity index (χ1) is 17.5. The average molecular weight is 512 g/mol. The molecule has 0 aliphatic carbocycles. The molecule has 3 aromatic rings. The van der Waals surface area contributed by atoms with Crippen molar-refractivity contribution in [2.75, 3.05) is 20.3 Å². The number of nitrogens with zero attached hydrogens (tertiary/aromatic N) is 2. The van der Waals surface area contributed by atoms with Gasteiger partial charge in [0, 0.05) is 30.0 Å². The molecule has 1 fully saturated rings. The van der Waals surface area contributed by atoms with Gasteiger partial charge in [0.25, 0.3) is 5.91 Å². The molecule has 9 heteroatoms. The highest BCUT2D eigenvalue weighted by Gasteiger charge is 2.31. The van der Waals surface area contributed by atoms with Gasteiger partial charge in [0.05, 0.1) is 24.9 Å². The molecule has 2 aromatic carbocycles. The maximum absolute atomic E-state index is 13.9. The van der Waals surface area contributed by atoms with Gasteiger partial charge in [-0.25, -0.2) is 9.37 Å². The van der Waals surface area contributed by atoms with E-state index in [0.717, 1.165) is 30.5 Å². The second-order valence-corrected chi connectivity index (χ2v) is 9.63. The fraction of sp³-hybridized carbons (Fsp3) is 0.370. The number of thiazole rings is 1. The number of hydrogen-bond donors (Lipinski definition) is 1. The topological polar surface area (TPSA) is 80.8 Å². The zero-order valence-corrected chi connectivity index (χ0v) is 21.3. The van der Waals surface area contributed by atoms with E-state index in [-0.39, 0.29) is 18.0 Å². The molecule has 0 spiro atoms. The van der Waals surface area contributed by atoms with Crippen molar-refractivity contribution in [3.8, 4) is 11.5 Å². The number of nitrogens with one attached hydrogen (secondary N) is 1. The number of benzene rings is 2. The molecule has 2 heterocycles. The minimum absolute atomic E-state index is 0.171. The van der Waals surface area contributed by atoms with Crippen LogP contribution in [0.5, 0.6) is 11.5 Å². The molecule has 2 amide bonds. The van der Waals surface area contributed by atoms with Crippen molar-refractivity contribution in [2.24, 2.45) is 0 Å². The largest absolute Gasteiger partial charge is 0.493 e. The fourth-order valence-corrected chi connectivity index (χ4v) is 5.04. The standard InChI is InChI=1S/C27H30FN3O4S/c1-18-25(36-17-30-18)11-13-35-23-10-9-19(14-24(23)34-2)16-31(22-8-3-4-12-29-26(22)32)27(33)20-6-5-7-21(28)15-20/h5-7,9-10,14-15,17,22H,3-4,8,11-13,16H2,1-2H3,(H,29,32)/t22-/m0/s1. The van der Waals surface area contributed by atoms with Crippen molar-refractivity contribution in [1.29, 1.82) is 0 Å². The van der Waals surface area contributed by atoms with Crippen LogP contribution in [0.2, 0.25) is 0 Å². The summed E-state index contributed by atoms with van der Waals surface area (Å²) in [5, 5.41) is 2.89. The summed E-state index contributed by atoms with van der Waals surface area (Å²) in [5.41, 5.74) is 3.82. The fourth-order valence-electron chi connectivity index (χ4n) is 4.28. The van der Waals surface area contributed by atoms with Gasteiger partial charge < -0.3 is 19.7 Å². The van der Waals surface area contributed by atoms with Crippen LogP contribution in [0.4, 0.5) is 4.39 Å². The number of aromatic nitrogens is 1. The van der Waals surface area contributed by atoms with E-state index in [0.29, 0.717) is 31.1 Å². The quantitative estimate of drug-likeness (QED) is 0.457. The third-order valence-corrected chi connectivity index (χ3v) is 7.22. The molecule has 0 bridgehead atoms. The Morgan fingerprint density at radius 1 is 1.22 bits per heavy atom. The van der Waals surface area contributed by atoms with Crippen LogP contribution < -0.4 is 14.8 Å². The van der Waals surface area contributed by atoms with E-state index in [1.54, 1.807) is 24.5 Å². The van der Waals surface area contributed by atoms with Crippen molar-refractivity contribution in [1.82, 2.24) is 15.2 Å². The van der Waals surface area contributed by atoms with E-state index in [9.17, 15) is 14.0 Å². The van der Waals surface area contributed by atoms with Crippen LogP contribution in [0.3, 0.4) is 0 Å². The monoisotopic (exact) mass is 511 g/mol. The molecule has 190 valence electrons. The summed E-state index contributed by atoms with van der Waals surface area (Å²) in [6.45, 7) is 3.21. The van der Waals surface area contributed by atoms with Crippen LogP contribution in [0.15, 0.2) is 48.0 Å². The third kappa shape index (κ3) is 6.20. The van der Waals surface area contributed by atoms with Gasteiger partial charge in [0.2, 0.25) is 5.91 Å². The van der Waals surface area contributed by atoms with E-state index in [1.807, 2.05) is 30.6 Å². The zero-order chi connectivity index (χ0) is 25.5. The normalized spacial score (nSPS) is 15.6. The average Bonchev–Trinajstić information content (AvgIpc) is 3.17. The first kappa shape index (κ1) is 25.6. The number of halogens is 1. The predicted octanol–water partition coefficient (Wildman–Crippen LogP) is 4.53. The van der Waals surface area contributed by atoms with Gasteiger partial charge >= 0.3 is 0 Å². The van der Waals surface area contributed by atoms with Crippen molar-refractivity contribution < 1.29 is 23.5 Å². The summed E-state index contributed by atoms with van der Waals surface area (Å²) >= 11 is 1.60. The second-order valence-electron chi connectivity index (χ2n) is 8.69. The molecule has 36 heavy (non-hydrogen) atoms. The summed E-state index contributed by atoms with van der Waals surface area (Å²) in [4.78, 5) is 33.3. The molecule has 0 unspecified atom stereocenters. The number of carbonyl (C=O) groups excluding carboxylic acids is 2. The van der Waals surface area contributed by atoms with Gasteiger partial charge in [-0.2, -0.15) is 0 Å². The minimum atomic E-state index is -0.646. The Morgan fingerprint density at radius 2 is 2.08 bits per heavy atom. The minimum Gasteiger partial charge on any atom is -0.493 e. The Bertz CT molecular complexity index is 1220. The van der Waals surface area contributed by atoms with Gasteiger partial charge in [0.1, 0.15) is 11.9 Å². The van der Waals surface area contributed by atoms with Gasteiger partial charge in [-0.15, -0.1) is 11.3 Å². The lowest BCUT2D eigenvalue weighted by Crippen LogP contribution is -2.48. The summed E-state index contributed by atoms with van der Waals surface area (Å²) < 4.78 is 25.4. The number of ether oxygens (including phenoxy) is 2. The predicted molar refractivity (Wildman–Crippen MR) is 136 cm³/mol. The van der Waals surface area contributed by atoms with Crippen molar-refractivity contribution in [2.45, 2.75) is 45.2 Å². The lowest BCUT2D eigenvalue weighted by Gasteiger charge is -2.30. The molecule has 1 N–H and O–H groups in total. The summed E-state index contributed by atoms with van der Waals surface area (Å²) in [6, 6.07) is 10.4. The molecule has 1 aromatic heterocycles. The van der Waals surface area contributed by atoms with Crippen molar-refractivity contribution in [3.63, 3.8) is 0 Å². The summed E-state index contributed by atoms with van der Waals surface area (Å²) in [5.74, 6) is 0.0525. The van der Waals surface area contributed by atoms with Gasteiger partial charge in [0.15, 0.2) is 11.5 Å². The number of aryl methyl sites for hydroxylation is 1. The Balaban J connectivity index is 1.54. The molecule has 0 radical (unpaired) electrons. The van der Waals surface area contributed by atoms with E-state index in [1.165, 1.54) is 28.0 Å². The molecule has 0 saturated carbocycles. The molecule has 4 rings (SSSR count).